The zero-order valence-electron chi connectivity index (χ0n) is 7.75. The number of aliphatic hydroxyl groups excluding tert-OH is 1. The molecule has 0 aliphatic carbocycles. The lowest BCUT2D eigenvalue weighted by Crippen LogP contribution is -2.54. The monoisotopic (exact) mass is 157 g/mol. The first kappa shape index (κ1) is 9.01. The number of likely N-dealkylation sites (tertiary alicyclic amines) is 1. The fourth-order valence-electron chi connectivity index (χ4n) is 1.55. The summed E-state index contributed by atoms with van der Waals surface area (Å²) >= 11 is 0. The van der Waals surface area contributed by atoms with Gasteiger partial charge in [-0.15, -0.1) is 0 Å². The van der Waals surface area contributed by atoms with Crippen LogP contribution in [0.3, 0.4) is 0 Å². The SMILES string of the molecule is CC[C@H](O)C1CN(C(C)C)C1. The first-order valence-electron chi connectivity index (χ1n) is 4.57. The van der Waals surface area contributed by atoms with Crippen LogP contribution in [-0.4, -0.2) is 35.2 Å². The van der Waals surface area contributed by atoms with Crippen molar-refractivity contribution >= 4 is 0 Å². The average molecular weight is 157 g/mol. The molecule has 1 fully saturated rings. The normalized spacial score (nSPS) is 23.7. The molecule has 0 radical (unpaired) electrons. The van der Waals surface area contributed by atoms with Crippen molar-refractivity contribution in [2.24, 2.45) is 5.92 Å². The quantitative estimate of drug-likeness (QED) is 0.663. The predicted octanol–water partition coefficient (Wildman–Crippen LogP) is 1.10. The lowest BCUT2D eigenvalue weighted by atomic mass is 9.91. The Morgan fingerprint density at radius 1 is 1.45 bits per heavy atom. The van der Waals surface area contributed by atoms with Crippen molar-refractivity contribution in [2.45, 2.75) is 39.3 Å². The summed E-state index contributed by atoms with van der Waals surface area (Å²) in [7, 11) is 0. The Morgan fingerprint density at radius 2 is 2.00 bits per heavy atom. The Morgan fingerprint density at radius 3 is 2.36 bits per heavy atom. The van der Waals surface area contributed by atoms with Gasteiger partial charge in [0, 0.05) is 25.0 Å². The maximum atomic E-state index is 9.45. The van der Waals surface area contributed by atoms with Gasteiger partial charge in [-0.05, 0) is 20.3 Å². The molecule has 1 heterocycles. The van der Waals surface area contributed by atoms with E-state index in [9.17, 15) is 5.11 Å². The van der Waals surface area contributed by atoms with E-state index >= 15 is 0 Å². The van der Waals surface area contributed by atoms with Crippen molar-refractivity contribution in [3.63, 3.8) is 0 Å². The smallest absolute Gasteiger partial charge is 0.0590 e. The largest absolute Gasteiger partial charge is 0.393 e. The van der Waals surface area contributed by atoms with E-state index < -0.39 is 0 Å². The van der Waals surface area contributed by atoms with Crippen molar-refractivity contribution in [3.05, 3.63) is 0 Å². The molecule has 0 aromatic heterocycles. The van der Waals surface area contributed by atoms with E-state index in [4.69, 9.17) is 0 Å². The van der Waals surface area contributed by atoms with Gasteiger partial charge in [-0.1, -0.05) is 6.92 Å². The number of nitrogens with zero attached hydrogens (tertiary/aromatic N) is 1. The summed E-state index contributed by atoms with van der Waals surface area (Å²) in [6, 6.07) is 0.648. The Labute approximate surface area is 69.2 Å². The van der Waals surface area contributed by atoms with Gasteiger partial charge in [0.2, 0.25) is 0 Å². The minimum absolute atomic E-state index is 0.0648. The third kappa shape index (κ3) is 1.94. The summed E-state index contributed by atoms with van der Waals surface area (Å²) in [6.45, 7) is 8.63. The number of hydrogen-bond donors (Lipinski definition) is 1. The van der Waals surface area contributed by atoms with Gasteiger partial charge in [-0.25, -0.2) is 0 Å². The van der Waals surface area contributed by atoms with E-state index in [2.05, 4.69) is 18.7 Å². The number of aliphatic hydroxyl groups is 1. The zero-order valence-corrected chi connectivity index (χ0v) is 7.75. The van der Waals surface area contributed by atoms with Crippen LogP contribution in [0, 0.1) is 5.92 Å². The van der Waals surface area contributed by atoms with Crippen molar-refractivity contribution in [3.8, 4) is 0 Å². The molecule has 1 aliphatic rings. The highest BCUT2D eigenvalue weighted by Crippen LogP contribution is 2.22. The maximum Gasteiger partial charge on any atom is 0.0590 e. The van der Waals surface area contributed by atoms with Crippen molar-refractivity contribution in [1.29, 1.82) is 0 Å². The Hall–Kier alpha value is -0.0800. The molecule has 66 valence electrons. The fourth-order valence-corrected chi connectivity index (χ4v) is 1.55. The molecule has 0 spiro atoms. The van der Waals surface area contributed by atoms with Gasteiger partial charge >= 0.3 is 0 Å². The van der Waals surface area contributed by atoms with Gasteiger partial charge in [-0.3, -0.25) is 0 Å². The minimum atomic E-state index is -0.0648. The summed E-state index contributed by atoms with van der Waals surface area (Å²) in [6.07, 6.45) is 0.835. The molecule has 1 saturated heterocycles. The average Bonchev–Trinajstić information content (AvgIpc) is 1.83. The van der Waals surface area contributed by atoms with Crippen LogP contribution in [0.4, 0.5) is 0 Å². The second kappa shape index (κ2) is 3.55. The van der Waals surface area contributed by atoms with Crippen LogP contribution in [0.2, 0.25) is 0 Å². The zero-order chi connectivity index (χ0) is 8.43. The fraction of sp³-hybridized carbons (Fsp3) is 1.00. The highest BCUT2D eigenvalue weighted by Gasteiger charge is 2.32. The molecular formula is C9H19NO. The van der Waals surface area contributed by atoms with Crippen LogP contribution in [0.25, 0.3) is 0 Å². The van der Waals surface area contributed by atoms with Gasteiger partial charge in [-0.2, -0.15) is 0 Å². The molecule has 1 rings (SSSR count). The van der Waals surface area contributed by atoms with Crippen molar-refractivity contribution in [2.75, 3.05) is 13.1 Å². The van der Waals surface area contributed by atoms with Gasteiger partial charge < -0.3 is 10.0 Å². The molecule has 11 heavy (non-hydrogen) atoms. The second-order valence-electron chi connectivity index (χ2n) is 3.78. The topological polar surface area (TPSA) is 23.5 Å². The maximum absolute atomic E-state index is 9.45. The molecular weight excluding hydrogens is 138 g/mol. The van der Waals surface area contributed by atoms with E-state index in [-0.39, 0.29) is 6.10 Å². The molecule has 0 aromatic carbocycles. The Balaban J connectivity index is 2.18. The standard InChI is InChI=1S/C9H19NO/c1-4-9(11)8-5-10(6-8)7(2)3/h7-9,11H,4-6H2,1-3H3/t9-/m0/s1. The van der Waals surface area contributed by atoms with E-state index in [1.54, 1.807) is 0 Å². The third-order valence-corrected chi connectivity index (χ3v) is 2.63. The van der Waals surface area contributed by atoms with Gasteiger partial charge in [0.1, 0.15) is 0 Å². The van der Waals surface area contributed by atoms with Crippen LogP contribution >= 0.6 is 0 Å². The summed E-state index contributed by atoms with van der Waals surface area (Å²) in [5.74, 6) is 0.544. The molecule has 2 nitrogen and oxygen atoms in total. The van der Waals surface area contributed by atoms with E-state index in [1.165, 1.54) is 0 Å². The van der Waals surface area contributed by atoms with E-state index in [0.29, 0.717) is 12.0 Å². The first-order chi connectivity index (χ1) is 5.15. The second-order valence-corrected chi connectivity index (χ2v) is 3.78. The molecule has 0 aromatic rings. The third-order valence-electron chi connectivity index (χ3n) is 2.63. The first-order valence-corrected chi connectivity index (χ1v) is 4.57. The molecule has 1 aliphatic heterocycles. The molecule has 0 amide bonds. The van der Waals surface area contributed by atoms with Gasteiger partial charge in [0.25, 0.3) is 0 Å². The number of hydrogen-bond acceptors (Lipinski definition) is 2. The summed E-state index contributed by atoms with van der Waals surface area (Å²) in [5.41, 5.74) is 0. The van der Waals surface area contributed by atoms with Crippen LogP contribution in [0.1, 0.15) is 27.2 Å². The summed E-state index contributed by atoms with van der Waals surface area (Å²) < 4.78 is 0. The van der Waals surface area contributed by atoms with E-state index in [1.807, 2.05) is 6.92 Å². The van der Waals surface area contributed by atoms with Crippen molar-refractivity contribution < 1.29 is 5.11 Å². The van der Waals surface area contributed by atoms with Crippen LogP contribution in [0.15, 0.2) is 0 Å². The predicted molar refractivity (Wildman–Crippen MR) is 46.5 cm³/mol. The Kier molecular flexibility index (Phi) is 2.90. The highest BCUT2D eigenvalue weighted by atomic mass is 16.3. The lowest BCUT2D eigenvalue weighted by molar-refractivity contribution is -0.0204. The molecule has 2 heteroatoms. The molecule has 1 atom stereocenters. The van der Waals surface area contributed by atoms with Crippen LogP contribution < -0.4 is 0 Å². The summed E-state index contributed by atoms with van der Waals surface area (Å²) in [4.78, 5) is 2.39. The van der Waals surface area contributed by atoms with Gasteiger partial charge in [0.15, 0.2) is 0 Å². The lowest BCUT2D eigenvalue weighted by Gasteiger charge is -2.44. The molecule has 0 unspecified atom stereocenters. The Bertz CT molecular complexity index is 119. The minimum Gasteiger partial charge on any atom is -0.393 e. The van der Waals surface area contributed by atoms with Gasteiger partial charge in [0.05, 0.1) is 6.10 Å². The number of rotatable bonds is 3. The van der Waals surface area contributed by atoms with Crippen molar-refractivity contribution in [1.82, 2.24) is 4.90 Å². The highest BCUT2D eigenvalue weighted by molar-refractivity contribution is 4.85. The van der Waals surface area contributed by atoms with E-state index in [0.717, 1.165) is 19.5 Å². The van der Waals surface area contributed by atoms with Crippen LogP contribution in [-0.2, 0) is 0 Å². The molecule has 0 bridgehead atoms. The van der Waals surface area contributed by atoms with Crippen LogP contribution in [0.5, 0.6) is 0 Å². The summed E-state index contributed by atoms with van der Waals surface area (Å²) in [5, 5.41) is 9.45. The molecule has 0 saturated carbocycles. The molecule has 1 N–H and O–H groups in total.